The van der Waals surface area contributed by atoms with E-state index in [-0.39, 0.29) is 35.6 Å². The number of benzene rings is 2. The number of fused-ring (bicyclic) bond motifs is 1. The number of carbonyl (C=O) groups excluding carboxylic acids is 2. The molecule has 0 aromatic heterocycles. The third-order valence-corrected chi connectivity index (χ3v) is 7.60. The third kappa shape index (κ3) is 4.41. The maximum atomic E-state index is 13.8. The number of hydrogen-bond acceptors (Lipinski definition) is 7. The fraction of sp³-hybridized carbons (Fsp3) is 0.429. The van der Waals surface area contributed by atoms with Crippen LogP contribution in [0, 0.1) is 5.92 Å². The van der Waals surface area contributed by atoms with Gasteiger partial charge < -0.3 is 19.9 Å². The summed E-state index contributed by atoms with van der Waals surface area (Å²) in [4.78, 5) is 29.3. The van der Waals surface area contributed by atoms with Crippen LogP contribution in [0.1, 0.15) is 42.7 Å². The summed E-state index contributed by atoms with van der Waals surface area (Å²) in [5, 5.41) is 13.7. The molecule has 0 amide bonds. The van der Waals surface area contributed by atoms with Gasteiger partial charge in [-0.05, 0) is 55.6 Å². The lowest BCUT2D eigenvalue weighted by molar-refractivity contribution is -0.152. The Morgan fingerprint density at radius 3 is 2.63 bits per heavy atom. The molecule has 1 saturated carbocycles. The molecule has 0 bridgehead atoms. The van der Waals surface area contributed by atoms with Gasteiger partial charge in [-0.1, -0.05) is 30.3 Å². The summed E-state index contributed by atoms with van der Waals surface area (Å²) in [5.74, 6) is -0.296. The Morgan fingerprint density at radius 2 is 1.91 bits per heavy atom. The zero-order valence-corrected chi connectivity index (χ0v) is 20.4. The summed E-state index contributed by atoms with van der Waals surface area (Å²) >= 11 is 0. The number of ether oxygens (including phenoxy) is 2. The Bertz CT molecular complexity index is 1170. The van der Waals surface area contributed by atoms with Crippen LogP contribution in [-0.4, -0.2) is 61.2 Å². The fourth-order valence-electron chi connectivity index (χ4n) is 6.02. The third-order valence-electron chi connectivity index (χ3n) is 7.60. The predicted molar refractivity (Wildman–Crippen MR) is 131 cm³/mol. The highest BCUT2D eigenvalue weighted by atomic mass is 16.5. The summed E-state index contributed by atoms with van der Waals surface area (Å²) in [6.07, 6.45) is 0.958. The zero-order valence-electron chi connectivity index (χ0n) is 20.4. The molecule has 7 nitrogen and oxygen atoms in total. The monoisotopic (exact) mass is 476 g/mol. The van der Waals surface area contributed by atoms with Crippen LogP contribution >= 0.6 is 0 Å². The minimum Gasteiger partial charge on any atom is -0.508 e. The molecule has 5 rings (SSSR count). The molecule has 2 aliphatic heterocycles. The van der Waals surface area contributed by atoms with Crippen molar-refractivity contribution >= 4 is 11.8 Å². The highest BCUT2D eigenvalue weighted by Gasteiger charge is 2.49. The Morgan fingerprint density at radius 1 is 1.14 bits per heavy atom. The number of methoxy groups -OCH3 is 1. The Balaban J connectivity index is 1.51. The van der Waals surface area contributed by atoms with E-state index in [4.69, 9.17) is 9.47 Å². The van der Waals surface area contributed by atoms with Crippen molar-refractivity contribution in [2.45, 2.75) is 43.7 Å². The van der Waals surface area contributed by atoms with Crippen molar-refractivity contribution in [1.82, 2.24) is 10.2 Å². The summed E-state index contributed by atoms with van der Waals surface area (Å²) in [7, 11) is 3.63. The molecule has 0 spiro atoms. The molecule has 7 heteroatoms. The first-order chi connectivity index (χ1) is 16.9. The molecule has 2 heterocycles. The van der Waals surface area contributed by atoms with E-state index < -0.39 is 11.8 Å². The highest BCUT2D eigenvalue weighted by molar-refractivity contribution is 5.95. The van der Waals surface area contributed by atoms with Gasteiger partial charge in [-0.25, -0.2) is 4.79 Å². The molecule has 0 radical (unpaired) electrons. The predicted octanol–water partition coefficient (Wildman–Crippen LogP) is 3.35. The molecular formula is C28H32N2O5. The number of hydrogen-bond donors (Lipinski definition) is 2. The van der Waals surface area contributed by atoms with Crippen LogP contribution in [0.4, 0.5) is 0 Å². The number of Topliss-reactive ketones (excluding diaryl/α,β-unsaturated/α-hetero) is 1. The van der Waals surface area contributed by atoms with Crippen LogP contribution < -0.4 is 10.1 Å². The largest absolute Gasteiger partial charge is 0.508 e. The molecule has 2 unspecified atom stereocenters. The van der Waals surface area contributed by atoms with Gasteiger partial charge >= 0.3 is 5.97 Å². The molecule has 184 valence electrons. The van der Waals surface area contributed by atoms with Crippen molar-refractivity contribution in [1.29, 1.82) is 0 Å². The van der Waals surface area contributed by atoms with Crippen molar-refractivity contribution in [3.63, 3.8) is 0 Å². The first-order valence-electron chi connectivity index (χ1n) is 12.2. The van der Waals surface area contributed by atoms with Crippen LogP contribution in [-0.2, 0) is 14.3 Å². The zero-order chi connectivity index (χ0) is 24.7. The van der Waals surface area contributed by atoms with Gasteiger partial charge in [-0.3, -0.25) is 9.69 Å². The number of rotatable bonds is 5. The average Bonchev–Trinajstić information content (AvgIpc) is 2.81. The first kappa shape index (κ1) is 23.4. The second-order valence-electron chi connectivity index (χ2n) is 9.98. The Hall–Kier alpha value is -3.32. The van der Waals surface area contributed by atoms with Crippen molar-refractivity contribution in [3.8, 4) is 11.5 Å². The van der Waals surface area contributed by atoms with Crippen molar-refractivity contribution in [2.24, 2.45) is 5.92 Å². The van der Waals surface area contributed by atoms with Crippen molar-refractivity contribution in [3.05, 3.63) is 70.9 Å². The molecule has 3 aliphatic rings. The summed E-state index contributed by atoms with van der Waals surface area (Å²) < 4.78 is 11.4. The molecule has 1 saturated heterocycles. The molecular weight excluding hydrogens is 444 g/mol. The Kier molecular flexibility index (Phi) is 6.28. The van der Waals surface area contributed by atoms with E-state index in [9.17, 15) is 14.7 Å². The van der Waals surface area contributed by atoms with E-state index in [1.165, 1.54) is 0 Å². The maximum Gasteiger partial charge on any atom is 0.336 e. The lowest BCUT2D eigenvalue weighted by Crippen LogP contribution is -2.53. The van der Waals surface area contributed by atoms with Crippen LogP contribution in [0.5, 0.6) is 11.5 Å². The number of phenols is 1. The number of aromatic hydroxyl groups is 1. The molecule has 2 aromatic carbocycles. The van der Waals surface area contributed by atoms with Crippen LogP contribution in [0.3, 0.4) is 0 Å². The number of likely N-dealkylation sites (tertiary alicyclic amines) is 1. The number of para-hydroxylation sites is 1. The molecule has 35 heavy (non-hydrogen) atoms. The van der Waals surface area contributed by atoms with Crippen LogP contribution in [0.15, 0.2) is 59.8 Å². The smallest absolute Gasteiger partial charge is 0.336 e. The molecule has 2 aromatic rings. The number of likely N-dealkylation sites (N-methyl/N-ethyl adjacent to an activating group) is 1. The minimum absolute atomic E-state index is 0.0176. The van der Waals surface area contributed by atoms with E-state index >= 15 is 0 Å². The van der Waals surface area contributed by atoms with Gasteiger partial charge in [0.15, 0.2) is 0 Å². The number of phenolic OH excluding ortho intramolecular Hbond substituents is 1. The van der Waals surface area contributed by atoms with E-state index in [1.54, 1.807) is 25.3 Å². The van der Waals surface area contributed by atoms with E-state index in [0.29, 0.717) is 25.1 Å². The Labute approximate surface area is 205 Å². The second-order valence-corrected chi connectivity index (χ2v) is 9.98. The lowest BCUT2D eigenvalue weighted by atomic mass is 9.64. The van der Waals surface area contributed by atoms with Gasteiger partial charge in [0.2, 0.25) is 0 Å². The number of nitrogens with zero attached hydrogens (tertiary/aromatic N) is 1. The summed E-state index contributed by atoms with van der Waals surface area (Å²) in [6, 6.07) is 14.6. The van der Waals surface area contributed by atoms with Crippen molar-refractivity contribution < 1.29 is 24.2 Å². The average molecular weight is 477 g/mol. The number of ketones is 1. The first-order valence-corrected chi connectivity index (χ1v) is 12.2. The van der Waals surface area contributed by atoms with Gasteiger partial charge in [0.05, 0.1) is 12.7 Å². The highest BCUT2D eigenvalue weighted by Crippen LogP contribution is 2.48. The second kappa shape index (κ2) is 9.38. The fourth-order valence-corrected chi connectivity index (χ4v) is 6.02. The number of nitrogens with one attached hydrogen (secondary N) is 1. The summed E-state index contributed by atoms with van der Waals surface area (Å²) in [5.41, 5.74) is 2.99. The van der Waals surface area contributed by atoms with Crippen LogP contribution in [0.25, 0.3) is 0 Å². The van der Waals surface area contributed by atoms with Gasteiger partial charge in [0, 0.05) is 43.1 Å². The molecule has 1 aliphatic carbocycles. The van der Waals surface area contributed by atoms with Gasteiger partial charge in [0.25, 0.3) is 0 Å². The van der Waals surface area contributed by atoms with Gasteiger partial charge in [0.1, 0.15) is 23.4 Å². The SMILES string of the molecule is COc1ccccc1[C@H]1CC(=O)C2C(C1)NC(C)=C(C(=O)OC1CN(C)C1)[C@H]2c1cccc(O)c1. The van der Waals surface area contributed by atoms with Crippen LogP contribution in [0.2, 0.25) is 0 Å². The lowest BCUT2D eigenvalue weighted by Gasteiger charge is -2.45. The standard InChI is InChI=1S/C28H32N2O5/c1-16-25(28(33)35-20-14-30(2)15-20)26(17-7-6-8-19(31)11-17)27-22(29-16)12-18(13-23(27)32)21-9-4-5-10-24(21)34-3/h4-11,18,20,22,26-27,29,31H,12-15H2,1-3H3/t18-,22?,26-,27?/m1/s1. The van der Waals surface area contributed by atoms with Crippen molar-refractivity contribution in [2.75, 3.05) is 27.2 Å². The molecule has 2 N–H and O–H groups in total. The van der Waals surface area contributed by atoms with E-state index in [2.05, 4.69) is 10.2 Å². The quantitative estimate of drug-likeness (QED) is 0.640. The molecule has 2 fully saturated rings. The number of carbonyl (C=O) groups is 2. The minimum atomic E-state index is -0.482. The number of esters is 1. The number of allylic oxidation sites excluding steroid dienone is 1. The molecule has 4 atom stereocenters. The van der Waals surface area contributed by atoms with Gasteiger partial charge in [-0.2, -0.15) is 0 Å². The normalized spacial score (nSPS) is 27.0. The van der Waals surface area contributed by atoms with Gasteiger partial charge in [-0.15, -0.1) is 0 Å². The maximum absolute atomic E-state index is 13.8. The van der Waals surface area contributed by atoms with E-state index in [0.717, 1.165) is 29.0 Å². The summed E-state index contributed by atoms with van der Waals surface area (Å²) in [6.45, 7) is 3.29. The van der Waals surface area contributed by atoms with E-state index in [1.807, 2.05) is 44.3 Å². The topological polar surface area (TPSA) is 88.1 Å².